The van der Waals surface area contributed by atoms with Crippen LogP contribution in [-0.2, 0) is 0 Å². The van der Waals surface area contributed by atoms with Crippen LogP contribution in [0.15, 0.2) is 41.5 Å². The summed E-state index contributed by atoms with van der Waals surface area (Å²) in [6.07, 6.45) is 4.40. The Hall–Kier alpha value is -1.30. The summed E-state index contributed by atoms with van der Waals surface area (Å²) in [5.74, 6) is 0. The van der Waals surface area contributed by atoms with E-state index < -0.39 is 0 Å². The average Bonchev–Trinajstić information content (AvgIpc) is 2.07. The SMILES string of the molecule is CC(C)=CC(C)=Cc1ccc(C)cc1. The first-order chi connectivity index (χ1) is 6.58. The molecule has 1 aromatic rings. The maximum Gasteiger partial charge on any atom is -0.0254 e. The molecule has 0 aliphatic heterocycles. The predicted octanol–water partition coefficient (Wildman–Crippen LogP) is 4.36. The third kappa shape index (κ3) is 3.61. The maximum atomic E-state index is 2.20. The summed E-state index contributed by atoms with van der Waals surface area (Å²) >= 11 is 0. The molecule has 1 aromatic carbocycles. The lowest BCUT2D eigenvalue weighted by atomic mass is 10.1. The summed E-state index contributed by atoms with van der Waals surface area (Å²) in [5.41, 5.74) is 5.22. The van der Waals surface area contributed by atoms with Crippen molar-refractivity contribution in [1.29, 1.82) is 0 Å². The van der Waals surface area contributed by atoms with Crippen molar-refractivity contribution in [2.75, 3.05) is 0 Å². The number of hydrogen-bond acceptors (Lipinski definition) is 0. The van der Waals surface area contributed by atoms with Crippen molar-refractivity contribution in [1.82, 2.24) is 0 Å². The second-order valence-corrected chi connectivity index (χ2v) is 4.02. The van der Waals surface area contributed by atoms with Gasteiger partial charge in [0.1, 0.15) is 0 Å². The third-order valence-electron chi connectivity index (χ3n) is 1.99. The van der Waals surface area contributed by atoms with E-state index in [0.29, 0.717) is 0 Å². The lowest BCUT2D eigenvalue weighted by Crippen LogP contribution is -1.76. The Bertz CT molecular complexity index is 346. The zero-order valence-electron chi connectivity index (χ0n) is 9.46. The van der Waals surface area contributed by atoms with E-state index in [1.165, 1.54) is 22.3 Å². The van der Waals surface area contributed by atoms with Crippen molar-refractivity contribution in [2.24, 2.45) is 0 Å². The van der Waals surface area contributed by atoms with Crippen LogP contribution in [0.25, 0.3) is 6.08 Å². The molecule has 74 valence electrons. The van der Waals surface area contributed by atoms with Gasteiger partial charge < -0.3 is 0 Å². The van der Waals surface area contributed by atoms with Crippen LogP contribution >= 0.6 is 0 Å². The molecule has 0 saturated carbocycles. The van der Waals surface area contributed by atoms with E-state index in [-0.39, 0.29) is 0 Å². The van der Waals surface area contributed by atoms with Gasteiger partial charge in [-0.3, -0.25) is 0 Å². The van der Waals surface area contributed by atoms with Gasteiger partial charge in [-0.15, -0.1) is 0 Å². The monoisotopic (exact) mass is 186 g/mol. The van der Waals surface area contributed by atoms with Crippen LogP contribution in [0.5, 0.6) is 0 Å². The van der Waals surface area contributed by atoms with Crippen LogP contribution in [0, 0.1) is 6.92 Å². The number of rotatable bonds is 2. The van der Waals surface area contributed by atoms with Gasteiger partial charge in [0, 0.05) is 0 Å². The summed E-state index contributed by atoms with van der Waals surface area (Å²) in [6.45, 7) is 8.47. The summed E-state index contributed by atoms with van der Waals surface area (Å²) in [7, 11) is 0. The minimum atomic E-state index is 1.27. The van der Waals surface area contributed by atoms with E-state index in [0.717, 1.165) is 0 Å². The molecule has 0 amide bonds. The van der Waals surface area contributed by atoms with Gasteiger partial charge in [0.05, 0.1) is 0 Å². The Morgan fingerprint density at radius 1 is 1.00 bits per heavy atom. The Morgan fingerprint density at radius 3 is 2.07 bits per heavy atom. The van der Waals surface area contributed by atoms with Gasteiger partial charge in [-0.05, 0) is 33.3 Å². The zero-order chi connectivity index (χ0) is 10.6. The fourth-order valence-electron chi connectivity index (χ4n) is 1.42. The van der Waals surface area contributed by atoms with E-state index in [4.69, 9.17) is 0 Å². The fourth-order valence-corrected chi connectivity index (χ4v) is 1.42. The Balaban J connectivity index is 2.87. The standard InChI is InChI=1S/C14H18/c1-11(2)9-13(4)10-14-7-5-12(3)6-8-14/h5-10H,1-4H3. The molecular weight excluding hydrogens is 168 g/mol. The van der Waals surface area contributed by atoms with Gasteiger partial charge in [0.15, 0.2) is 0 Å². The van der Waals surface area contributed by atoms with Gasteiger partial charge in [-0.25, -0.2) is 0 Å². The fraction of sp³-hybridized carbons (Fsp3) is 0.286. The van der Waals surface area contributed by atoms with Crippen molar-refractivity contribution in [3.8, 4) is 0 Å². The molecule has 0 aliphatic carbocycles. The second-order valence-electron chi connectivity index (χ2n) is 4.02. The molecule has 1 rings (SSSR count). The van der Waals surface area contributed by atoms with E-state index in [9.17, 15) is 0 Å². The molecule has 0 bridgehead atoms. The third-order valence-corrected chi connectivity index (χ3v) is 1.99. The van der Waals surface area contributed by atoms with Crippen LogP contribution in [0.3, 0.4) is 0 Å². The van der Waals surface area contributed by atoms with Crippen LogP contribution in [0.1, 0.15) is 31.9 Å². The average molecular weight is 186 g/mol. The van der Waals surface area contributed by atoms with Crippen LogP contribution in [0.4, 0.5) is 0 Å². The Labute approximate surface area is 87.0 Å². The molecule has 0 unspecified atom stereocenters. The molecule has 0 N–H and O–H groups in total. The molecule has 14 heavy (non-hydrogen) atoms. The number of hydrogen-bond donors (Lipinski definition) is 0. The molecular formula is C14H18. The first kappa shape index (κ1) is 10.8. The van der Waals surface area contributed by atoms with E-state index >= 15 is 0 Å². The first-order valence-corrected chi connectivity index (χ1v) is 4.98. The number of benzene rings is 1. The number of aryl methyl sites for hydroxylation is 1. The van der Waals surface area contributed by atoms with E-state index in [1.54, 1.807) is 0 Å². The summed E-state index contributed by atoms with van der Waals surface area (Å²) in [6, 6.07) is 8.58. The molecule has 0 heterocycles. The Kier molecular flexibility index (Phi) is 3.70. The zero-order valence-corrected chi connectivity index (χ0v) is 9.46. The lowest BCUT2D eigenvalue weighted by molar-refractivity contribution is 1.36. The summed E-state index contributed by atoms with van der Waals surface area (Å²) in [5, 5.41) is 0. The van der Waals surface area contributed by atoms with E-state index in [1.807, 2.05) is 0 Å². The van der Waals surface area contributed by atoms with Gasteiger partial charge in [0.25, 0.3) is 0 Å². The van der Waals surface area contributed by atoms with Gasteiger partial charge in [0.2, 0.25) is 0 Å². The quantitative estimate of drug-likeness (QED) is 0.602. The van der Waals surface area contributed by atoms with Gasteiger partial charge >= 0.3 is 0 Å². The van der Waals surface area contributed by atoms with Crippen LogP contribution in [-0.4, -0.2) is 0 Å². The molecule has 0 atom stereocenters. The molecule has 0 heteroatoms. The van der Waals surface area contributed by atoms with Crippen molar-refractivity contribution < 1.29 is 0 Å². The summed E-state index contributed by atoms with van der Waals surface area (Å²) < 4.78 is 0. The minimum absolute atomic E-state index is 1.27. The van der Waals surface area contributed by atoms with Crippen LogP contribution in [0.2, 0.25) is 0 Å². The maximum absolute atomic E-state index is 2.20. The molecule has 0 aromatic heterocycles. The van der Waals surface area contributed by atoms with Gasteiger partial charge in [-0.1, -0.05) is 53.1 Å². The first-order valence-electron chi connectivity index (χ1n) is 4.98. The smallest absolute Gasteiger partial charge is 0.0254 e. The highest BCUT2D eigenvalue weighted by Crippen LogP contribution is 2.10. The normalized spacial score (nSPS) is 11.3. The van der Waals surface area contributed by atoms with Crippen molar-refractivity contribution >= 4 is 6.08 Å². The number of allylic oxidation sites excluding steroid dienone is 3. The molecule has 0 fully saturated rings. The highest BCUT2D eigenvalue weighted by molar-refractivity contribution is 5.55. The lowest BCUT2D eigenvalue weighted by Gasteiger charge is -1.97. The van der Waals surface area contributed by atoms with E-state index in [2.05, 4.69) is 64.1 Å². The van der Waals surface area contributed by atoms with Crippen LogP contribution < -0.4 is 0 Å². The van der Waals surface area contributed by atoms with Gasteiger partial charge in [-0.2, -0.15) is 0 Å². The second kappa shape index (κ2) is 4.80. The molecule has 0 nitrogen and oxygen atoms in total. The predicted molar refractivity (Wildman–Crippen MR) is 64.3 cm³/mol. The minimum Gasteiger partial charge on any atom is -0.0762 e. The molecule has 0 spiro atoms. The Morgan fingerprint density at radius 2 is 1.57 bits per heavy atom. The molecule has 0 radical (unpaired) electrons. The topological polar surface area (TPSA) is 0 Å². The largest absolute Gasteiger partial charge is 0.0762 e. The highest BCUT2D eigenvalue weighted by atomic mass is 13.9. The van der Waals surface area contributed by atoms with Crippen molar-refractivity contribution in [3.63, 3.8) is 0 Å². The molecule has 0 aliphatic rings. The van der Waals surface area contributed by atoms with Crippen molar-refractivity contribution in [3.05, 3.63) is 52.6 Å². The molecule has 0 saturated heterocycles. The highest BCUT2D eigenvalue weighted by Gasteiger charge is 1.88. The summed E-state index contributed by atoms with van der Waals surface area (Å²) in [4.78, 5) is 0. The van der Waals surface area contributed by atoms with Crippen molar-refractivity contribution in [2.45, 2.75) is 27.7 Å².